The van der Waals surface area contributed by atoms with Crippen molar-refractivity contribution in [1.82, 2.24) is 10.1 Å². The molecule has 1 aliphatic heterocycles. The fourth-order valence-corrected chi connectivity index (χ4v) is 3.15. The minimum absolute atomic E-state index is 0.128. The van der Waals surface area contributed by atoms with Gasteiger partial charge in [0, 0.05) is 23.3 Å². The molecule has 0 saturated carbocycles. The number of carbonyl (C=O) groups is 1. The summed E-state index contributed by atoms with van der Waals surface area (Å²) in [4.78, 5) is 14.6. The molecule has 0 aliphatic carbocycles. The van der Waals surface area contributed by atoms with Crippen LogP contribution in [0.1, 0.15) is 18.5 Å². The van der Waals surface area contributed by atoms with Crippen LogP contribution in [-0.2, 0) is 11.2 Å². The second-order valence-electron chi connectivity index (χ2n) is 4.88. The quantitative estimate of drug-likeness (QED) is 0.799. The van der Waals surface area contributed by atoms with Crippen LogP contribution in [0, 0.1) is 0 Å². The fraction of sp³-hybridized carbons (Fsp3) is 0.429. The first-order chi connectivity index (χ1) is 9.24. The standard InChI is InChI=1S/C14H15BrN2O2/c15-10-4-3-7-17(9-10)14(18)8-12-11-5-1-2-6-13(11)19-16-12/h1-2,5-6,10H,3-4,7-9H2. The Morgan fingerprint density at radius 3 is 3.16 bits per heavy atom. The number of para-hydroxylation sites is 1. The molecule has 1 saturated heterocycles. The lowest BCUT2D eigenvalue weighted by molar-refractivity contribution is -0.131. The second-order valence-corrected chi connectivity index (χ2v) is 6.18. The topological polar surface area (TPSA) is 46.3 Å². The minimum Gasteiger partial charge on any atom is -0.356 e. The van der Waals surface area contributed by atoms with Gasteiger partial charge in [-0.1, -0.05) is 33.2 Å². The number of aromatic nitrogens is 1. The Morgan fingerprint density at radius 1 is 1.47 bits per heavy atom. The number of halogens is 1. The van der Waals surface area contributed by atoms with Gasteiger partial charge in [-0.2, -0.15) is 0 Å². The van der Waals surface area contributed by atoms with E-state index in [2.05, 4.69) is 21.1 Å². The predicted octanol–water partition coefficient (Wildman–Crippen LogP) is 2.76. The number of benzene rings is 1. The third-order valence-corrected chi connectivity index (χ3v) is 4.23. The van der Waals surface area contributed by atoms with Crippen LogP contribution in [0.3, 0.4) is 0 Å². The van der Waals surface area contributed by atoms with Gasteiger partial charge >= 0.3 is 0 Å². The Hall–Kier alpha value is -1.36. The van der Waals surface area contributed by atoms with E-state index >= 15 is 0 Å². The Labute approximate surface area is 119 Å². The summed E-state index contributed by atoms with van der Waals surface area (Å²) in [5, 5.41) is 4.95. The average molecular weight is 323 g/mol. The van der Waals surface area contributed by atoms with Crippen LogP contribution in [0.25, 0.3) is 11.0 Å². The normalized spacial score (nSPS) is 19.8. The van der Waals surface area contributed by atoms with Crippen molar-refractivity contribution in [3.63, 3.8) is 0 Å². The SMILES string of the molecule is O=C(Cc1noc2ccccc12)N1CCCC(Br)C1. The lowest BCUT2D eigenvalue weighted by Gasteiger charge is -2.29. The maximum absolute atomic E-state index is 12.3. The summed E-state index contributed by atoms with van der Waals surface area (Å²) < 4.78 is 5.23. The molecule has 1 fully saturated rings. The number of rotatable bonds is 2. The van der Waals surface area contributed by atoms with Crippen LogP contribution in [-0.4, -0.2) is 33.9 Å². The molecule has 1 amide bonds. The minimum atomic E-state index is 0.128. The van der Waals surface area contributed by atoms with Gasteiger partial charge in [0.1, 0.15) is 5.69 Å². The van der Waals surface area contributed by atoms with Crippen molar-refractivity contribution < 1.29 is 9.32 Å². The maximum Gasteiger partial charge on any atom is 0.228 e. The first-order valence-corrected chi connectivity index (χ1v) is 7.41. The van der Waals surface area contributed by atoms with E-state index in [0.717, 1.165) is 42.6 Å². The number of hydrogen-bond acceptors (Lipinski definition) is 3. The van der Waals surface area contributed by atoms with Crippen LogP contribution in [0.4, 0.5) is 0 Å². The Morgan fingerprint density at radius 2 is 2.32 bits per heavy atom. The highest BCUT2D eigenvalue weighted by atomic mass is 79.9. The Kier molecular flexibility index (Phi) is 3.55. The monoisotopic (exact) mass is 322 g/mol. The highest BCUT2D eigenvalue weighted by Crippen LogP contribution is 2.21. The molecule has 3 rings (SSSR count). The molecular weight excluding hydrogens is 308 g/mol. The van der Waals surface area contributed by atoms with Crippen molar-refractivity contribution in [3.05, 3.63) is 30.0 Å². The lowest BCUT2D eigenvalue weighted by atomic mass is 10.1. The van der Waals surface area contributed by atoms with Crippen molar-refractivity contribution >= 4 is 32.8 Å². The molecule has 0 bridgehead atoms. The molecule has 0 radical (unpaired) electrons. The third-order valence-electron chi connectivity index (χ3n) is 3.49. The Balaban J connectivity index is 1.75. The van der Waals surface area contributed by atoms with E-state index in [4.69, 9.17) is 4.52 Å². The molecule has 0 N–H and O–H groups in total. The van der Waals surface area contributed by atoms with E-state index in [1.165, 1.54) is 0 Å². The predicted molar refractivity (Wildman–Crippen MR) is 76.2 cm³/mol. The summed E-state index contributed by atoms with van der Waals surface area (Å²) >= 11 is 3.59. The zero-order valence-electron chi connectivity index (χ0n) is 10.5. The van der Waals surface area contributed by atoms with Crippen molar-refractivity contribution in [2.24, 2.45) is 0 Å². The maximum atomic E-state index is 12.3. The van der Waals surface area contributed by atoms with E-state index in [1.54, 1.807) is 0 Å². The largest absolute Gasteiger partial charge is 0.356 e. The van der Waals surface area contributed by atoms with E-state index in [0.29, 0.717) is 11.2 Å². The molecule has 100 valence electrons. The zero-order chi connectivity index (χ0) is 13.2. The highest BCUT2D eigenvalue weighted by Gasteiger charge is 2.23. The number of nitrogens with zero attached hydrogens (tertiary/aromatic N) is 2. The van der Waals surface area contributed by atoms with Crippen LogP contribution in [0.15, 0.2) is 28.8 Å². The van der Waals surface area contributed by atoms with Gasteiger partial charge < -0.3 is 9.42 Å². The second kappa shape index (κ2) is 5.33. The molecule has 0 spiro atoms. The van der Waals surface area contributed by atoms with Crippen LogP contribution >= 0.6 is 15.9 Å². The molecule has 1 atom stereocenters. The number of carbonyl (C=O) groups excluding carboxylic acids is 1. The van der Waals surface area contributed by atoms with Gasteiger partial charge in [0.25, 0.3) is 0 Å². The van der Waals surface area contributed by atoms with Crippen molar-refractivity contribution in [3.8, 4) is 0 Å². The van der Waals surface area contributed by atoms with Crippen LogP contribution in [0.2, 0.25) is 0 Å². The summed E-state index contributed by atoms with van der Waals surface area (Å²) in [6.45, 7) is 1.63. The fourth-order valence-electron chi connectivity index (χ4n) is 2.47. The number of fused-ring (bicyclic) bond motifs is 1. The van der Waals surface area contributed by atoms with Gasteiger partial charge in [0.15, 0.2) is 5.58 Å². The van der Waals surface area contributed by atoms with Crippen LogP contribution < -0.4 is 0 Å². The molecule has 5 heteroatoms. The number of likely N-dealkylation sites (tertiary alicyclic amines) is 1. The van der Waals surface area contributed by atoms with E-state index < -0.39 is 0 Å². The van der Waals surface area contributed by atoms with Gasteiger partial charge in [-0.15, -0.1) is 0 Å². The smallest absolute Gasteiger partial charge is 0.228 e. The van der Waals surface area contributed by atoms with Crippen molar-refractivity contribution in [2.45, 2.75) is 24.1 Å². The molecule has 1 aromatic carbocycles. The van der Waals surface area contributed by atoms with Crippen molar-refractivity contribution in [1.29, 1.82) is 0 Å². The van der Waals surface area contributed by atoms with E-state index in [9.17, 15) is 4.79 Å². The molecule has 19 heavy (non-hydrogen) atoms. The number of hydrogen-bond donors (Lipinski definition) is 0. The average Bonchev–Trinajstić information content (AvgIpc) is 2.82. The first kappa shape index (κ1) is 12.7. The van der Waals surface area contributed by atoms with Gasteiger partial charge in [0.05, 0.1) is 6.42 Å². The van der Waals surface area contributed by atoms with E-state index in [-0.39, 0.29) is 5.91 Å². The van der Waals surface area contributed by atoms with Gasteiger partial charge in [-0.3, -0.25) is 4.79 Å². The molecule has 4 nitrogen and oxygen atoms in total. The lowest BCUT2D eigenvalue weighted by Crippen LogP contribution is -2.41. The summed E-state index contributed by atoms with van der Waals surface area (Å²) in [6, 6.07) is 7.64. The molecule has 1 aromatic heterocycles. The van der Waals surface area contributed by atoms with Crippen LogP contribution in [0.5, 0.6) is 0 Å². The van der Waals surface area contributed by atoms with Gasteiger partial charge in [-0.05, 0) is 25.0 Å². The number of alkyl halides is 1. The molecule has 1 aliphatic rings. The number of amides is 1. The highest BCUT2D eigenvalue weighted by molar-refractivity contribution is 9.09. The van der Waals surface area contributed by atoms with Gasteiger partial charge in [0.2, 0.25) is 5.91 Å². The summed E-state index contributed by atoms with van der Waals surface area (Å²) in [7, 11) is 0. The van der Waals surface area contributed by atoms with Crippen molar-refractivity contribution in [2.75, 3.05) is 13.1 Å². The van der Waals surface area contributed by atoms with E-state index in [1.807, 2.05) is 29.2 Å². The third kappa shape index (κ3) is 2.66. The summed E-state index contributed by atoms with van der Waals surface area (Å²) in [6.07, 6.45) is 2.51. The molecular formula is C14H15BrN2O2. The Bertz CT molecular complexity index is 596. The van der Waals surface area contributed by atoms with Gasteiger partial charge in [-0.25, -0.2) is 0 Å². The number of piperidine rings is 1. The molecule has 2 heterocycles. The summed E-state index contributed by atoms with van der Waals surface area (Å²) in [5.74, 6) is 0.128. The molecule has 1 unspecified atom stereocenters. The molecule has 2 aromatic rings. The first-order valence-electron chi connectivity index (χ1n) is 6.49. The zero-order valence-corrected chi connectivity index (χ0v) is 12.1. The summed E-state index contributed by atoms with van der Waals surface area (Å²) in [5.41, 5.74) is 1.47.